The number of hydrogen-bond acceptors (Lipinski definition) is 2. The molecule has 3 nitrogen and oxygen atoms in total. The fraction of sp³-hybridized carbons (Fsp3) is 0. The summed E-state index contributed by atoms with van der Waals surface area (Å²) in [6.07, 6.45) is 1.27. The molecule has 1 aromatic heterocycles. The molecule has 0 aliphatic rings. The van der Waals surface area contributed by atoms with Gasteiger partial charge in [-0.25, -0.2) is 4.98 Å². The molecule has 1 N–H and O–H groups in total. The molecule has 1 heterocycles. The number of nitrogens with zero attached hydrogens (tertiary/aromatic N) is 1. The molecule has 0 spiro atoms. The zero-order valence-electron chi connectivity index (χ0n) is 8.65. The standard InChI is InChI=1S/C12H8BrFN2O/c13-10-4-2-1-3-9(10)12(17)16-8-5-6-11(14)15-7-8/h1-7H,(H,16,17). The molecule has 0 atom stereocenters. The van der Waals surface area contributed by atoms with Crippen LogP contribution in [0.3, 0.4) is 0 Å². The molecule has 2 aromatic rings. The fourth-order valence-corrected chi connectivity index (χ4v) is 1.76. The van der Waals surface area contributed by atoms with Gasteiger partial charge in [0, 0.05) is 4.47 Å². The van der Waals surface area contributed by atoms with Crippen LogP contribution in [0.4, 0.5) is 10.1 Å². The van der Waals surface area contributed by atoms with E-state index in [0.29, 0.717) is 15.7 Å². The van der Waals surface area contributed by atoms with Crippen LogP contribution in [-0.2, 0) is 0 Å². The highest BCUT2D eigenvalue weighted by atomic mass is 79.9. The zero-order chi connectivity index (χ0) is 12.3. The smallest absolute Gasteiger partial charge is 0.256 e. The largest absolute Gasteiger partial charge is 0.321 e. The van der Waals surface area contributed by atoms with Gasteiger partial charge in [0.1, 0.15) is 0 Å². The second kappa shape index (κ2) is 5.05. The number of benzene rings is 1. The van der Waals surface area contributed by atoms with E-state index >= 15 is 0 Å². The maximum atomic E-state index is 12.6. The van der Waals surface area contributed by atoms with Gasteiger partial charge in [0.05, 0.1) is 17.4 Å². The van der Waals surface area contributed by atoms with Crippen LogP contribution in [0.25, 0.3) is 0 Å². The van der Waals surface area contributed by atoms with E-state index < -0.39 is 5.95 Å². The Bertz CT molecular complexity index is 542. The average molecular weight is 295 g/mol. The first-order valence-corrected chi connectivity index (χ1v) is 5.63. The van der Waals surface area contributed by atoms with Crippen molar-refractivity contribution < 1.29 is 9.18 Å². The Kier molecular flexibility index (Phi) is 3.49. The lowest BCUT2D eigenvalue weighted by molar-refractivity contribution is 0.102. The number of nitrogens with one attached hydrogen (secondary N) is 1. The Balaban J connectivity index is 2.17. The van der Waals surface area contributed by atoms with Gasteiger partial charge in [-0.3, -0.25) is 4.79 Å². The van der Waals surface area contributed by atoms with Crippen molar-refractivity contribution in [2.75, 3.05) is 5.32 Å². The van der Waals surface area contributed by atoms with Gasteiger partial charge in [-0.05, 0) is 40.2 Å². The third-order valence-electron chi connectivity index (χ3n) is 2.10. The van der Waals surface area contributed by atoms with Crippen LogP contribution in [-0.4, -0.2) is 10.9 Å². The Morgan fingerprint density at radius 1 is 1.24 bits per heavy atom. The number of pyridine rings is 1. The van der Waals surface area contributed by atoms with E-state index in [0.717, 1.165) is 0 Å². The van der Waals surface area contributed by atoms with Crippen LogP contribution in [0.1, 0.15) is 10.4 Å². The summed E-state index contributed by atoms with van der Waals surface area (Å²) in [5.74, 6) is -0.852. The average Bonchev–Trinajstić information content (AvgIpc) is 2.32. The lowest BCUT2D eigenvalue weighted by atomic mass is 10.2. The predicted octanol–water partition coefficient (Wildman–Crippen LogP) is 3.24. The lowest BCUT2D eigenvalue weighted by Crippen LogP contribution is -2.12. The van der Waals surface area contributed by atoms with Crippen LogP contribution < -0.4 is 5.32 Å². The van der Waals surface area contributed by atoms with E-state index in [4.69, 9.17) is 0 Å². The quantitative estimate of drug-likeness (QED) is 0.864. The van der Waals surface area contributed by atoms with Crippen molar-refractivity contribution in [3.05, 3.63) is 58.6 Å². The van der Waals surface area contributed by atoms with Crippen LogP contribution in [0.15, 0.2) is 47.1 Å². The minimum Gasteiger partial charge on any atom is -0.321 e. The van der Waals surface area contributed by atoms with Crippen molar-refractivity contribution in [2.24, 2.45) is 0 Å². The molecule has 0 saturated carbocycles. The molecule has 0 fully saturated rings. The minimum atomic E-state index is -0.580. The second-order valence-electron chi connectivity index (χ2n) is 3.30. The SMILES string of the molecule is O=C(Nc1ccc(F)nc1)c1ccccc1Br. The van der Waals surface area contributed by atoms with E-state index in [9.17, 15) is 9.18 Å². The molecule has 1 aromatic carbocycles. The summed E-state index contributed by atoms with van der Waals surface area (Å²) >= 11 is 3.29. The van der Waals surface area contributed by atoms with Crippen LogP contribution in [0, 0.1) is 5.95 Å². The number of hydrogen-bond donors (Lipinski definition) is 1. The molecule has 2 rings (SSSR count). The first-order chi connectivity index (χ1) is 8.16. The number of carbonyl (C=O) groups excluding carboxylic acids is 1. The molecular formula is C12H8BrFN2O. The van der Waals surface area contributed by atoms with E-state index in [1.165, 1.54) is 18.3 Å². The monoisotopic (exact) mass is 294 g/mol. The topological polar surface area (TPSA) is 42.0 Å². The van der Waals surface area contributed by atoms with Gasteiger partial charge in [-0.2, -0.15) is 4.39 Å². The number of amides is 1. The normalized spacial score (nSPS) is 10.0. The summed E-state index contributed by atoms with van der Waals surface area (Å²) in [6, 6.07) is 9.70. The molecule has 86 valence electrons. The predicted molar refractivity (Wildman–Crippen MR) is 66.3 cm³/mol. The molecule has 5 heteroatoms. The fourth-order valence-electron chi connectivity index (χ4n) is 1.29. The highest BCUT2D eigenvalue weighted by Crippen LogP contribution is 2.17. The molecular weight excluding hydrogens is 287 g/mol. The molecule has 0 saturated heterocycles. The molecule has 1 amide bonds. The van der Waals surface area contributed by atoms with E-state index in [1.54, 1.807) is 18.2 Å². The minimum absolute atomic E-state index is 0.272. The van der Waals surface area contributed by atoms with Gasteiger partial charge in [0.15, 0.2) is 0 Å². The molecule has 0 unspecified atom stereocenters. The number of aromatic nitrogens is 1. The number of halogens is 2. The Morgan fingerprint density at radius 3 is 2.65 bits per heavy atom. The third-order valence-corrected chi connectivity index (χ3v) is 2.80. The van der Waals surface area contributed by atoms with Gasteiger partial charge < -0.3 is 5.32 Å². The lowest BCUT2D eigenvalue weighted by Gasteiger charge is -2.05. The van der Waals surface area contributed by atoms with Crippen LogP contribution in [0.5, 0.6) is 0 Å². The first-order valence-electron chi connectivity index (χ1n) is 4.84. The van der Waals surface area contributed by atoms with Crippen molar-refractivity contribution in [2.45, 2.75) is 0 Å². The summed E-state index contributed by atoms with van der Waals surface area (Å²) in [5.41, 5.74) is 0.962. The molecule has 17 heavy (non-hydrogen) atoms. The van der Waals surface area contributed by atoms with Crippen molar-refractivity contribution >= 4 is 27.5 Å². The first kappa shape index (κ1) is 11.7. The second-order valence-corrected chi connectivity index (χ2v) is 4.16. The summed E-state index contributed by atoms with van der Waals surface area (Å²) in [4.78, 5) is 15.3. The number of anilines is 1. The van der Waals surface area contributed by atoms with E-state index in [2.05, 4.69) is 26.2 Å². The molecule has 0 bridgehead atoms. The number of carbonyl (C=O) groups is 1. The Labute approximate surface area is 106 Å². The van der Waals surface area contributed by atoms with Crippen LogP contribution >= 0.6 is 15.9 Å². The van der Waals surface area contributed by atoms with Gasteiger partial charge in [-0.15, -0.1) is 0 Å². The van der Waals surface area contributed by atoms with Gasteiger partial charge in [0.25, 0.3) is 5.91 Å². The van der Waals surface area contributed by atoms with Crippen molar-refractivity contribution in [1.82, 2.24) is 4.98 Å². The van der Waals surface area contributed by atoms with Crippen molar-refractivity contribution in [3.63, 3.8) is 0 Å². The van der Waals surface area contributed by atoms with Gasteiger partial charge in [0.2, 0.25) is 5.95 Å². The summed E-state index contributed by atoms with van der Waals surface area (Å²) in [6.45, 7) is 0. The van der Waals surface area contributed by atoms with E-state index in [-0.39, 0.29) is 5.91 Å². The maximum Gasteiger partial charge on any atom is 0.256 e. The Morgan fingerprint density at radius 2 is 2.00 bits per heavy atom. The molecule has 0 radical (unpaired) electrons. The van der Waals surface area contributed by atoms with Gasteiger partial charge >= 0.3 is 0 Å². The molecule has 0 aliphatic carbocycles. The van der Waals surface area contributed by atoms with Crippen LogP contribution in [0.2, 0.25) is 0 Å². The van der Waals surface area contributed by atoms with Crippen molar-refractivity contribution in [3.8, 4) is 0 Å². The zero-order valence-corrected chi connectivity index (χ0v) is 10.2. The Hall–Kier alpha value is -1.75. The highest BCUT2D eigenvalue weighted by molar-refractivity contribution is 9.10. The summed E-state index contributed by atoms with van der Waals surface area (Å²) < 4.78 is 13.3. The molecule has 0 aliphatic heterocycles. The summed E-state index contributed by atoms with van der Waals surface area (Å²) in [5, 5.41) is 2.63. The highest BCUT2D eigenvalue weighted by Gasteiger charge is 2.09. The maximum absolute atomic E-state index is 12.6. The van der Waals surface area contributed by atoms with Gasteiger partial charge in [-0.1, -0.05) is 12.1 Å². The van der Waals surface area contributed by atoms with Crippen molar-refractivity contribution in [1.29, 1.82) is 0 Å². The van der Waals surface area contributed by atoms with E-state index in [1.807, 2.05) is 6.07 Å². The number of rotatable bonds is 2. The third kappa shape index (κ3) is 2.88. The summed E-state index contributed by atoms with van der Waals surface area (Å²) in [7, 11) is 0.